The molecule has 0 unspecified atom stereocenters. The van der Waals surface area contributed by atoms with Gasteiger partial charge in [-0.1, -0.05) is 74.0 Å². The minimum atomic E-state index is -2.90. The topological polar surface area (TPSA) is 26.3 Å². The summed E-state index contributed by atoms with van der Waals surface area (Å²) in [5.74, 6) is 0. The van der Waals surface area contributed by atoms with Gasteiger partial charge in [0.05, 0.1) is 6.10 Å². The number of hydrogen-bond donors (Lipinski definition) is 0. The summed E-state index contributed by atoms with van der Waals surface area (Å²) in [6.07, 6.45) is 6.17. The Labute approximate surface area is 146 Å². The second kappa shape index (κ2) is 9.01. The van der Waals surface area contributed by atoms with Gasteiger partial charge < -0.3 is 4.52 Å². The Morgan fingerprint density at radius 3 is 2.21 bits per heavy atom. The maximum Gasteiger partial charge on any atom is 0.236 e. The Kier molecular flexibility index (Phi) is 7.02. The van der Waals surface area contributed by atoms with Gasteiger partial charge in [-0.3, -0.25) is 4.57 Å². The van der Waals surface area contributed by atoms with Crippen molar-refractivity contribution < 1.29 is 9.09 Å². The molecule has 24 heavy (non-hydrogen) atoms. The van der Waals surface area contributed by atoms with E-state index in [9.17, 15) is 4.57 Å². The molecule has 3 heteroatoms. The number of rotatable bonds is 8. The van der Waals surface area contributed by atoms with E-state index in [2.05, 4.69) is 13.8 Å². The highest BCUT2D eigenvalue weighted by molar-refractivity contribution is 7.67. The van der Waals surface area contributed by atoms with Crippen molar-refractivity contribution in [3.05, 3.63) is 71.8 Å². The molecule has 1 atom stereocenters. The van der Waals surface area contributed by atoms with Crippen LogP contribution in [0.15, 0.2) is 60.7 Å². The highest BCUT2D eigenvalue weighted by atomic mass is 31.2. The van der Waals surface area contributed by atoms with E-state index in [1.54, 1.807) is 0 Å². The van der Waals surface area contributed by atoms with Gasteiger partial charge in [0.25, 0.3) is 0 Å². The zero-order chi connectivity index (χ0) is 17.4. The predicted octanol–water partition coefficient (Wildman–Crippen LogP) is 5.82. The molecule has 2 aromatic rings. The standard InChI is InChI=1S/C21H27O2P/c1-4-20(5-2)23-24(22,21-15-13-18(3)14-16-21)17-9-12-19-10-7-6-8-11-19/h6-16,20H,4-5,17H2,1-3H3/b12-9+/t24-/m1/s1. The van der Waals surface area contributed by atoms with Gasteiger partial charge in [0, 0.05) is 11.5 Å². The first-order valence-electron chi connectivity index (χ1n) is 8.63. The molecular formula is C21H27O2P. The Morgan fingerprint density at radius 2 is 1.62 bits per heavy atom. The molecule has 0 aromatic heterocycles. The molecule has 128 valence electrons. The molecule has 0 fully saturated rings. The molecule has 0 radical (unpaired) electrons. The molecule has 0 amide bonds. The van der Waals surface area contributed by atoms with E-state index in [0.29, 0.717) is 6.16 Å². The molecule has 2 rings (SSSR count). The minimum Gasteiger partial charge on any atom is -0.322 e. The summed E-state index contributed by atoms with van der Waals surface area (Å²) in [5, 5.41) is 0.803. The van der Waals surface area contributed by atoms with Crippen LogP contribution in [-0.4, -0.2) is 12.3 Å². The SMILES string of the molecule is CCC(CC)O[P@](=O)(C/C=C/c1ccccc1)c1ccc(C)cc1. The molecule has 0 N–H and O–H groups in total. The summed E-state index contributed by atoms with van der Waals surface area (Å²) in [4.78, 5) is 0. The van der Waals surface area contributed by atoms with Gasteiger partial charge in [-0.25, -0.2) is 0 Å². The van der Waals surface area contributed by atoms with Crippen LogP contribution >= 0.6 is 7.37 Å². The van der Waals surface area contributed by atoms with E-state index in [1.165, 1.54) is 0 Å². The van der Waals surface area contributed by atoms with E-state index in [1.807, 2.05) is 73.7 Å². The predicted molar refractivity (Wildman–Crippen MR) is 104 cm³/mol. The fraction of sp³-hybridized carbons (Fsp3) is 0.333. The summed E-state index contributed by atoms with van der Waals surface area (Å²) in [5.41, 5.74) is 2.27. The molecule has 0 saturated heterocycles. The summed E-state index contributed by atoms with van der Waals surface area (Å²) in [6.45, 7) is 6.19. The van der Waals surface area contributed by atoms with Crippen LogP contribution in [0.1, 0.15) is 37.8 Å². The fourth-order valence-corrected chi connectivity index (χ4v) is 4.74. The third kappa shape index (κ3) is 5.19. The smallest absolute Gasteiger partial charge is 0.236 e. The van der Waals surface area contributed by atoms with E-state index in [4.69, 9.17) is 4.52 Å². The molecule has 0 aliphatic heterocycles. The highest BCUT2D eigenvalue weighted by Gasteiger charge is 2.27. The van der Waals surface area contributed by atoms with Gasteiger partial charge in [-0.2, -0.15) is 0 Å². The number of aryl methyl sites for hydroxylation is 1. The number of hydrogen-bond acceptors (Lipinski definition) is 2. The quantitative estimate of drug-likeness (QED) is 0.565. The van der Waals surface area contributed by atoms with Crippen molar-refractivity contribution in [2.75, 3.05) is 6.16 Å². The maximum absolute atomic E-state index is 13.6. The summed E-state index contributed by atoms with van der Waals surface area (Å²) in [6, 6.07) is 17.9. The molecular weight excluding hydrogens is 315 g/mol. The zero-order valence-electron chi connectivity index (χ0n) is 14.8. The van der Waals surface area contributed by atoms with Crippen molar-refractivity contribution in [3.63, 3.8) is 0 Å². The molecule has 0 bridgehead atoms. The molecule has 0 aliphatic rings. The van der Waals surface area contributed by atoms with Crippen LogP contribution in [0.2, 0.25) is 0 Å². The van der Waals surface area contributed by atoms with Crippen molar-refractivity contribution in [2.24, 2.45) is 0 Å². The van der Waals surface area contributed by atoms with Crippen LogP contribution < -0.4 is 5.30 Å². The van der Waals surface area contributed by atoms with Gasteiger partial charge in [0.15, 0.2) is 0 Å². The lowest BCUT2D eigenvalue weighted by atomic mass is 10.2. The van der Waals surface area contributed by atoms with Crippen LogP contribution in [0.3, 0.4) is 0 Å². The van der Waals surface area contributed by atoms with Crippen molar-refractivity contribution in [1.82, 2.24) is 0 Å². The van der Waals surface area contributed by atoms with Crippen molar-refractivity contribution in [3.8, 4) is 0 Å². The van der Waals surface area contributed by atoms with Gasteiger partial charge >= 0.3 is 0 Å². The first-order chi connectivity index (χ1) is 11.6. The molecule has 0 aliphatic carbocycles. The van der Waals surface area contributed by atoms with Crippen molar-refractivity contribution >= 4 is 18.7 Å². The van der Waals surface area contributed by atoms with Gasteiger partial charge in [-0.15, -0.1) is 0 Å². The van der Waals surface area contributed by atoms with E-state index >= 15 is 0 Å². The highest BCUT2D eigenvalue weighted by Crippen LogP contribution is 2.48. The normalized spacial score (nSPS) is 14.2. The first kappa shape index (κ1) is 18.7. The largest absolute Gasteiger partial charge is 0.322 e. The summed E-state index contributed by atoms with van der Waals surface area (Å²) >= 11 is 0. The molecule has 0 saturated carbocycles. The van der Waals surface area contributed by atoms with E-state index < -0.39 is 7.37 Å². The van der Waals surface area contributed by atoms with Gasteiger partial charge in [-0.05, 0) is 37.5 Å². The Balaban J connectivity index is 2.23. The summed E-state index contributed by atoms with van der Waals surface area (Å²) in [7, 11) is -2.90. The monoisotopic (exact) mass is 342 g/mol. The second-order valence-electron chi connectivity index (χ2n) is 6.05. The van der Waals surface area contributed by atoms with E-state index in [-0.39, 0.29) is 6.10 Å². The second-order valence-corrected chi connectivity index (χ2v) is 8.49. The average molecular weight is 342 g/mol. The zero-order valence-corrected chi connectivity index (χ0v) is 15.7. The third-order valence-corrected chi connectivity index (χ3v) is 6.53. The Morgan fingerprint density at radius 1 is 1.00 bits per heavy atom. The van der Waals surface area contributed by atoms with Crippen LogP contribution in [0.5, 0.6) is 0 Å². The first-order valence-corrected chi connectivity index (χ1v) is 10.4. The Bertz CT molecular complexity index is 686. The van der Waals surface area contributed by atoms with Crippen LogP contribution in [0, 0.1) is 6.92 Å². The van der Waals surface area contributed by atoms with E-state index in [0.717, 1.165) is 29.3 Å². The van der Waals surface area contributed by atoms with Crippen LogP contribution in [0.4, 0.5) is 0 Å². The molecule has 2 nitrogen and oxygen atoms in total. The summed E-state index contributed by atoms with van der Waals surface area (Å²) < 4.78 is 19.7. The molecule has 0 spiro atoms. The van der Waals surface area contributed by atoms with Crippen molar-refractivity contribution in [2.45, 2.75) is 39.7 Å². The fourth-order valence-electron chi connectivity index (χ4n) is 2.55. The lowest BCUT2D eigenvalue weighted by molar-refractivity contribution is 0.200. The van der Waals surface area contributed by atoms with Gasteiger partial charge in [0.2, 0.25) is 7.37 Å². The average Bonchev–Trinajstić information content (AvgIpc) is 2.61. The van der Waals surface area contributed by atoms with Crippen molar-refractivity contribution in [1.29, 1.82) is 0 Å². The third-order valence-electron chi connectivity index (χ3n) is 4.11. The minimum absolute atomic E-state index is 0.0299. The van der Waals surface area contributed by atoms with Crippen LogP contribution in [0.25, 0.3) is 6.08 Å². The number of benzene rings is 2. The molecule has 2 aromatic carbocycles. The molecule has 0 heterocycles. The Hall–Kier alpha value is -1.63. The maximum atomic E-state index is 13.6. The lowest BCUT2D eigenvalue weighted by Crippen LogP contribution is -2.16. The number of allylic oxidation sites excluding steroid dienone is 1. The lowest BCUT2D eigenvalue weighted by Gasteiger charge is -2.23. The van der Waals surface area contributed by atoms with Gasteiger partial charge in [0.1, 0.15) is 0 Å². The van der Waals surface area contributed by atoms with Crippen LogP contribution in [-0.2, 0) is 9.09 Å².